The zero-order valence-corrected chi connectivity index (χ0v) is 17.9. The van der Waals surface area contributed by atoms with Crippen LogP contribution >= 0.6 is 11.8 Å². The average molecular weight is 439 g/mol. The topological polar surface area (TPSA) is 88.2 Å². The van der Waals surface area contributed by atoms with Crippen LogP contribution in [-0.4, -0.2) is 55.9 Å². The number of amides is 3. The Morgan fingerprint density at radius 2 is 1.87 bits per heavy atom. The molecule has 3 amide bonds. The number of hydrogen-bond donors (Lipinski definition) is 1. The lowest BCUT2D eigenvalue weighted by Gasteiger charge is -2.14. The summed E-state index contributed by atoms with van der Waals surface area (Å²) in [5.74, 6) is 0.622. The molecule has 9 heteroatoms. The number of anilines is 1. The zero-order chi connectivity index (χ0) is 22.0. The predicted octanol–water partition coefficient (Wildman–Crippen LogP) is 2.95. The number of carbonyl (C=O) groups excluding carboxylic acids is 3. The Kier molecular flexibility index (Phi) is 5.85. The first-order chi connectivity index (χ1) is 14.9. The van der Waals surface area contributed by atoms with Gasteiger partial charge < -0.3 is 19.7 Å². The summed E-state index contributed by atoms with van der Waals surface area (Å²) in [6.45, 7) is 0.440. The maximum Gasteiger partial charge on any atom is 0.293 e. The Labute approximate surface area is 183 Å². The molecule has 0 saturated carbocycles. The van der Waals surface area contributed by atoms with Gasteiger partial charge in [0.2, 0.25) is 6.79 Å². The van der Waals surface area contributed by atoms with Crippen molar-refractivity contribution in [3.63, 3.8) is 0 Å². The molecule has 2 aliphatic heterocycles. The van der Waals surface area contributed by atoms with Crippen molar-refractivity contribution < 1.29 is 23.9 Å². The van der Waals surface area contributed by atoms with Crippen LogP contribution in [0.2, 0.25) is 0 Å². The molecule has 0 bridgehead atoms. The van der Waals surface area contributed by atoms with Gasteiger partial charge in [-0.05, 0) is 59.8 Å². The lowest BCUT2D eigenvalue weighted by molar-refractivity contribution is -0.122. The van der Waals surface area contributed by atoms with Gasteiger partial charge >= 0.3 is 0 Å². The van der Waals surface area contributed by atoms with Crippen molar-refractivity contribution in [1.82, 2.24) is 10.2 Å². The van der Waals surface area contributed by atoms with E-state index >= 15 is 0 Å². The van der Waals surface area contributed by atoms with E-state index in [0.29, 0.717) is 22.0 Å². The molecule has 1 fully saturated rings. The number of thioether (sulfide) groups is 1. The number of imide groups is 1. The lowest BCUT2D eigenvalue weighted by Crippen LogP contribution is -2.37. The minimum Gasteiger partial charge on any atom is -0.454 e. The van der Waals surface area contributed by atoms with Crippen molar-refractivity contribution in [3.05, 3.63) is 58.5 Å². The molecule has 2 aromatic carbocycles. The van der Waals surface area contributed by atoms with Gasteiger partial charge in [0.25, 0.3) is 17.1 Å². The fraction of sp³-hybridized carbons (Fsp3) is 0.227. The molecule has 0 radical (unpaired) electrons. The first kappa shape index (κ1) is 20.8. The predicted molar refractivity (Wildman–Crippen MR) is 118 cm³/mol. The molecule has 160 valence electrons. The largest absolute Gasteiger partial charge is 0.454 e. The van der Waals surface area contributed by atoms with Crippen LogP contribution in [0.5, 0.6) is 11.5 Å². The third kappa shape index (κ3) is 4.51. The molecule has 1 N–H and O–H groups in total. The third-order valence-electron chi connectivity index (χ3n) is 4.83. The Balaban J connectivity index is 1.34. The maximum atomic E-state index is 12.6. The van der Waals surface area contributed by atoms with Crippen LogP contribution in [0.3, 0.4) is 0 Å². The van der Waals surface area contributed by atoms with E-state index in [-0.39, 0.29) is 36.9 Å². The summed E-state index contributed by atoms with van der Waals surface area (Å²) >= 11 is 0.879. The standard InChI is InChI=1S/C22H21N3O5S/c1-24(2)16-6-4-15(5-7-16)20(26)23-9-10-25-21(27)19(31-22(25)28)12-14-3-8-17-18(11-14)30-13-29-17/h3-8,11-12H,9-10,13H2,1-2H3,(H,23,26). The second-order valence-corrected chi connectivity index (χ2v) is 8.14. The smallest absolute Gasteiger partial charge is 0.293 e. The highest BCUT2D eigenvalue weighted by molar-refractivity contribution is 8.18. The molecular weight excluding hydrogens is 418 g/mol. The summed E-state index contributed by atoms with van der Waals surface area (Å²) in [4.78, 5) is 40.6. The van der Waals surface area contributed by atoms with Crippen LogP contribution in [0.1, 0.15) is 15.9 Å². The Bertz CT molecular complexity index is 1070. The van der Waals surface area contributed by atoms with Crippen molar-refractivity contribution in [2.75, 3.05) is 38.9 Å². The summed E-state index contributed by atoms with van der Waals surface area (Å²) in [5, 5.41) is 2.39. The first-order valence-electron chi connectivity index (χ1n) is 9.63. The minimum absolute atomic E-state index is 0.102. The molecule has 8 nitrogen and oxygen atoms in total. The highest BCUT2D eigenvalue weighted by atomic mass is 32.2. The summed E-state index contributed by atoms with van der Waals surface area (Å²) in [7, 11) is 3.85. The highest BCUT2D eigenvalue weighted by Gasteiger charge is 2.34. The molecule has 31 heavy (non-hydrogen) atoms. The Morgan fingerprint density at radius 1 is 1.13 bits per heavy atom. The van der Waals surface area contributed by atoms with Gasteiger partial charge in [0.05, 0.1) is 4.91 Å². The molecular formula is C22H21N3O5S. The second-order valence-electron chi connectivity index (χ2n) is 7.14. The SMILES string of the molecule is CN(C)c1ccc(C(=O)NCCN2C(=O)SC(=Cc3ccc4c(c3)OCO4)C2=O)cc1. The molecule has 0 aromatic heterocycles. The molecule has 0 aliphatic carbocycles. The number of carbonyl (C=O) groups is 3. The number of ether oxygens (including phenoxy) is 2. The number of nitrogens with zero attached hydrogens (tertiary/aromatic N) is 2. The summed E-state index contributed by atoms with van der Waals surface area (Å²) in [5.41, 5.74) is 2.25. The molecule has 2 heterocycles. The van der Waals surface area contributed by atoms with Crippen LogP contribution in [0.4, 0.5) is 10.5 Å². The van der Waals surface area contributed by atoms with Crippen molar-refractivity contribution >= 4 is 40.6 Å². The van der Waals surface area contributed by atoms with Gasteiger partial charge in [-0.25, -0.2) is 0 Å². The van der Waals surface area contributed by atoms with E-state index in [1.165, 1.54) is 0 Å². The van der Waals surface area contributed by atoms with Gasteiger partial charge in [0.1, 0.15) is 0 Å². The van der Waals surface area contributed by atoms with Crippen molar-refractivity contribution in [3.8, 4) is 11.5 Å². The second kappa shape index (κ2) is 8.73. The Morgan fingerprint density at radius 3 is 2.61 bits per heavy atom. The van der Waals surface area contributed by atoms with Gasteiger partial charge in [0.15, 0.2) is 11.5 Å². The number of hydrogen-bond acceptors (Lipinski definition) is 7. The van der Waals surface area contributed by atoms with Crippen LogP contribution < -0.4 is 19.7 Å². The van der Waals surface area contributed by atoms with Crippen LogP contribution in [0, 0.1) is 0 Å². The number of fused-ring (bicyclic) bond motifs is 1. The number of nitrogens with one attached hydrogen (secondary N) is 1. The monoisotopic (exact) mass is 439 g/mol. The van der Waals surface area contributed by atoms with Gasteiger partial charge in [-0.1, -0.05) is 6.07 Å². The average Bonchev–Trinajstić information content (AvgIpc) is 3.33. The summed E-state index contributed by atoms with van der Waals surface area (Å²) < 4.78 is 10.6. The van der Waals surface area contributed by atoms with E-state index in [0.717, 1.165) is 27.9 Å². The van der Waals surface area contributed by atoms with Crippen molar-refractivity contribution in [2.24, 2.45) is 0 Å². The molecule has 0 atom stereocenters. The van der Waals surface area contributed by atoms with E-state index in [2.05, 4.69) is 5.32 Å². The highest BCUT2D eigenvalue weighted by Crippen LogP contribution is 2.36. The van der Waals surface area contributed by atoms with Crippen molar-refractivity contribution in [2.45, 2.75) is 0 Å². The lowest BCUT2D eigenvalue weighted by atomic mass is 10.2. The fourth-order valence-corrected chi connectivity index (χ4v) is 4.01. The molecule has 1 saturated heterocycles. The van der Waals surface area contributed by atoms with Gasteiger partial charge in [0, 0.05) is 38.4 Å². The van der Waals surface area contributed by atoms with Crippen molar-refractivity contribution in [1.29, 1.82) is 0 Å². The molecule has 0 spiro atoms. The van der Waals surface area contributed by atoms with E-state index in [1.54, 1.807) is 36.4 Å². The molecule has 0 unspecified atom stereocenters. The fourth-order valence-electron chi connectivity index (χ4n) is 3.14. The van der Waals surface area contributed by atoms with Crippen LogP contribution in [0.15, 0.2) is 47.4 Å². The van der Waals surface area contributed by atoms with E-state index in [9.17, 15) is 14.4 Å². The Hall–Kier alpha value is -3.46. The number of benzene rings is 2. The molecule has 2 aliphatic rings. The number of rotatable bonds is 6. The van der Waals surface area contributed by atoms with Crippen LogP contribution in [-0.2, 0) is 4.79 Å². The third-order valence-corrected chi connectivity index (χ3v) is 5.74. The summed E-state index contributed by atoms with van der Waals surface area (Å²) in [6.07, 6.45) is 1.65. The van der Waals surface area contributed by atoms with E-state index in [4.69, 9.17) is 9.47 Å². The first-order valence-corrected chi connectivity index (χ1v) is 10.4. The van der Waals surface area contributed by atoms with Gasteiger partial charge in [-0.15, -0.1) is 0 Å². The van der Waals surface area contributed by atoms with E-state index < -0.39 is 0 Å². The van der Waals surface area contributed by atoms with Crippen LogP contribution in [0.25, 0.3) is 6.08 Å². The minimum atomic E-state index is -0.378. The maximum absolute atomic E-state index is 12.6. The van der Waals surface area contributed by atoms with Gasteiger partial charge in [-0.2, -0.15) is 0 Å². The normalized spacial score (nSPS) is 16.2. The zero-order valence-electron chi connectivity index (χ0n) is 17.1. The quantitative estimate of drug-likeness (QED) is 0.693. The molecule has 4 rings (SSSR count). The molecule has 2 aromatic rings. The van der Waals surface area contributed by atoms with E-state index in [1.807, 2.05) is 31.1 Å². The van der Waals surface area contributed by atoms with Gasteiger partial charge in [-0.3, -0.25) is 19.3 Å². The summed E-state index contributed by atoms with van der Waals surface area (Å²) in [6, 6.07) is 12.5.